The molecule has 0 amide bonds. The molecular weight excluding hydrogens is 322 g/mol. The van der Waals surface area contributed by atoms with Crippen LogP contribution in [-0.4, -0.2) is 58.7 Å². The van der Waals surface area contributed by atoms with Crippen molar-refractivity contribution in [2.75, 3.05) is 34.5 Å². The molecule has 0 N–H and O–H groups in total. The molecule has 0 aromatic heterocycles. The molecule has 0 radical (unpaired) electrons. The summed E-state index contributed by atoms with van der Waals surface area (Å²) in [5.74, 6) is -0.0982. The molecule has 0 saturated heterocycles. The molecule has 130 valence electrons. The Labute approximate surface area is 137 Å². The summed E-state index contributed by atoms with van der Waals surface area (Å²) in [6, 6.07) is 5.98. The predicted octanol–water partition coefficient (Wildman–Crippen LogP) is 1.28. The van der Waals surface area contributed by atoms with Gasteiger partial charge in [0.25, 0.3) is 0 Å². The van der Waals surface area contributed by atoms with Crippen molar-refractivity contribution in [1.29, 1.82) is 0 Å². The fourth-order valence-electron chi connectivity index (χ4n) is 1.79. The van der Waals surface area contributed by atoms with Crippen LogP contribution in [0.15, 0.2) is 29.2 Å². The van der Waals surface area contributed by atoms with Gasteiger partial charge in [-0.1, -0.05) is 0 Å². The van der Waals surface area contributed by atoms with E-state index < -0.39 is 21.5 Å². The molecule has 0 spiro atoms. The second-order valence-corrected chi connectivity index (χ2v) is 7.31. The number of carbonyl (C=O) groups excluding carboxylic acids is 1. The van der Waals surface area contributed by atoms with E-state index in [0.717, 1.165) is 4.31 Å². The minimum Gasteiger partial charge on any atom is -0.491 e. The van der Waals surface area contributed by atoms with Gasteiger partial charge in [0.05, 0.1) is 18.6 Å². The highest BCUT2D eigenvalue weighted by Crippen LogP contribution is 2.25. The quantitative estimate of drug-likeness (QED) is 0.521. The third-order valence-electron chi connectivity index (χ3n) is 3.51. The lowest BCUT2D eigenvalue weighted by molar-refractivity contribution is -0.149. The van der Waals surface area contributed by atoms with Crippen LogP contribution in [0.3, 0.4) is 0 Å². The summed E-state index contributed by atoms with van der Waals surface area (Å²) in [4.78, 5) is 11.9. The summed E-state index contributed by atoms with van der Waals surface area (Å²) in [6.45, 7) is 3.78. The van der Waals surface area contributed by atoms with Crippen LogP contribution in [0.2, 0.25) is 0 Å². The molecule has 0 saturated carbocycles. The molecule has 0 heterocycles. The van der Waals surface area contributed by atoms with E-state index in [-0.39, 0.29) is 4.90 Å². The van der Waals surface area contributed by atoms with Crippen LogP contribution >= 0.6 is 0 Å². The van der Waals surface area contributed by atoms with Gasteiger partial charge < -0.3 is 14.2 Å². The Balaban J connectivity index is 2.98. The zero-order chi connectivity index (χ0) is 17.7. The van der Waals surface area contributed by atoms with Gasteiger partial charge in [-0.3, -0.25) is 4.79 Å². The number of methoxy groups -OCH3 is 2. The SMILES string of the molecule is COCCOc1ccc(S(=O)(=O)N(C)C(C)(C)C(=O)OC)cc1. The van der Waals surface area contributed by atoms with Gasteiger partial charge in [-0.15, -0.1) is 0 Å². The van der Waals surface area contributed by atoms with Crippen LogP contribution in [-0.2, 0) is 24.3 Å². The number of ether oxygens (including phenoxy) is 3. The molecule has 0 bridgehead atoms. The van der Waals surface area contributed by atoms with E-state index in [1.807, 2.05) is 0 Å². The van der Waals surface area contributed by atoms with Crippen LogP contribution in [0.4, 0.5) is 0 Å². The van der Waals surface area contributed by atoms with Gasteiger partial charge in [-0.25, -0.2) is 8.42 Å². The van der Waals surface area contributed by atoms with Crippen LogP contribution in [0.1, 0.15) is 13.8 Å². The zero-order valence-electron chi connectivity index (χ0n) is 14.0. The summed E-state index contributed by atoms with van der Waals surface area (Å²) in [5.41, 5.74) is -1.32. The number of sulfonamides is 1. The van der Waals surface area contributed by atoms with Gasteiger partial charge in [0.15, 0.2) is 0 Å². The van der Waals surface area contributed by atoms with E-state index in [0.29, 0.717) is 19.0 Å². The van der Waals surface area contributed by atoms with Gasteiger partial charge in [0.1, 0.15) is 17.9 Å². The van der Waals surface area contributed by atoms with E-state index >= 15 is 0 Å². The number of hydrogen-bond acceptors (Lipinski definition) is 6. The molecule has 0 unspecified atom stereocenters. The van der Waals surface area contributed by atoms with Crippen LogP contribution < -0.4 is 4.74 Å². The van der Waals surface area contributed by atoms with Crippen molar-refractivity contribution in [3.05, 3.63) is 24.3 Å². The lowest BCUT2D eigenvalue weighted by Gasteiger charge is -2.31. The predicted molar refractivity (Wildman–Crippen MR) is 84.9 cm³/mol. The van der Waals surface area contributed by atoms with Crippen LogP contribution in [0.25, 0.3) is 0 Å². The third-order valence-corrected chi connectivity index (χ3v) is 5.56. The molecule has 8 heteroatoms. The van der Waals surface area contributed by atoms with Crippen LogP contribution in [0, 0.1) is 0 Å². The van der Waals surface area contributed by atoms with Crippen molar-refractivity contribution in [2.45, 2.75) is 24.3 Å². The first-order valence-corrected chi connectivity index (χ1v) is 8.41. The van der Waals surface area contributed by atoms with Crippen molar-refractivity contribution >= 4 is 16.0 Å². The second kappa shape index (κ2) is 7.76. The maximum atomic E-state index is 12.6. The molecule has 0 atom stereocenters. The minimum atomic E-state index is -3.84. The number of benzene rings is 1. The Morgan fingerprint density at radius 2 is 1.70 bits per heavy atom. The van der Waals surface area contributed by atoms with Crippen molar-refractivity contribution in [2.24, 2.45) is 0 Å². The highest BCUT2D eigenvalue weighted by atomic mass is 32.2. The minimum absolute atomic E-state index is 0.0658. The largest absolute Gasteiger partial charge is 0.491 e. The van der Waals surface area contributed by atoms with Gasteiger partial charge in [-0.05, 0) is 38.1 Å². The molecule has 0 aliphatic carbocycles. The Kier molecular flexibility index (Phi) is 6.55. The normalized spacial score (nSPS) is 12.3. The Bertz CT molecular complexity index is 624. The fraction of sp³-hybridized carbons (Fsp3) is 0.533. The molecule has 1 aromatic carbocycles. The number of rotatable bonds is 8. The summed E-state index contributed by atoms with van der Waals surface area (Å²) in [5, 5.41) is 0. The molecular formula is C15H23NO6S. The number of likely N-dealkylation sites (N-methyl/N-ethyl adjacent to an activating group) is 1. The number of carbonyl (C=O) groups is 1. The maximum absolute atomic E-state index is 12.6. The first-order chi connectivity index (χ1) is 10.7. The molecule has 0 aliphatic heterocycles. The third kappa shape index (κ3) is 4.43. The van der Waals surface area contributed by atoms with Crippen LogP contribution in [0.5, 0.6) is 5.75 Å². The Morgan fingerprint density at radius 1 is 1.13 bits per heavy atom. The first kappa shape index (κ1) is 19.4. The standard InChI is InChI=1S/C15H23NO6S/c1-15(2,14(17)21-5)16(3)23(18,19)13-8-6-12(7-9-13)22-11-10-20-4/h6-9H,10-11H2,1-5H3. The molecule has 1 aromatic rings. The second-order valence-electron chi connectivity index (χ2n) is 5.34. The van der Waals surface area contributed by atoms with Gasteiger partial charge in [0, 0.05) is 14.2 Å². The monoisotopic (exact) mass is 345 g/mol. The number of nitrogens with zero attached hydrogens (tertiary/aromatic N) is 1. The summed E-state index contributed by atoms with van der Waals surface area (Å²) < 4.78 is 41.2. The van der Waals surface area contributed by atoms with E-state index in [9.17, 15) is 13.2 Å². The lowest BCUT2D eigenvalue weighted by Crippen LogP contribution is -2.51. The average molecular weight is 345 g/mol. The number of hydrogen-bond donors (Lipinski definition) is 0. The fourth-order valence-corrected chi connectivity index (χ4v) is 3.26. The summed E-state index contributed by atoms with van der Waals surface area (Å²) >= 11 is 0. The van der Waals surface area contributed by atoms with E-state index in [2.05, 4.69) is 4.74 Å². The molecule has 23 heavy (non-hydrogen) atoms. The Hall–Kier alpha value is -1.64. The van der Waals surface area contributed by atoms with Crippen molar-refractivity contribution in [3.63, 3.8) is 0 Å². The highest BCUT2D eigenvalue weighted by Gasteiger charge is 2.40. The first-order valence-electron chi connectivity index (χ1n) is 6.97. The van der Waals surface area contributed by atoms with Crippen molar-refractivity contribution in [1.82, 2.24) is 4.31 Å². The molecule has 1 rings (SSSR count). The zero-order valence-corrected chi connectivity index (χ0v) is 14.8. The van der Waals surface area contributed by atoms with Crippen molar-refractivity contribution < 1.29 is 27.4 Å². The van der Waals surface area contributed by atoms with Gasteiger partial charge in [-0.2, -0.15) is 4.31 Å². The van der Waals surface area contributed by atoms with Gasteiger partial charge >= 0.3 is 5.97 Å². The lowest BCUT2D eigenvalue weighted by atomic mass is 10.1. The summed E-state index contributed by atoms with van der Waals surface area (Å²) in [7, 11) is 0.287. The van der Waals surface area contributed by atoms with Crippen molar-refractivity contribution in [3.8, 4) is 5.75 Å². The van der Waals surface area contributed by atoms with Gasteiger partial charge in [0.2, 0.25) is 10.0 Å². The van der Waals surface area contributed by atoms with E-state index in [1.165, 1.54) is 40.1 Å². The molecule has 0 aliphatic rings. The highest BCUT2D eigenvalue weighted by molar-refractivity contribution is 7.89. The van der Waals surface area contributed by atoms with E-state index in [1.54, 1.807) is 19.2 Å². The number of esters is 1. The molecule has 7 nitrogen and oxygen atoms in total. The smallest absolute Gasteiger partial charge is 0.326 e. The average Bonchev–Trinajstić information content (AvgIpc) is 2.53. The Morgan fingerprint density at radius 3 is 2.17 bits per heavy atom. The topological polar surface area (TPSA) is 82.1 Å². The summed E-state index contributed by atoms with van der Waals surface area (Å²) in [6.07, 6.45) is 0. The van der Waals surface area contributed by atoms with E-state index in [4.69, 9.17) is 9.47 Å². The maximum Gasteiger partial charge on any atom is 0.326 e. The molecule has 0 fully saturated rings.